The van der Waals surface area contributed by atoms with E-state index in [0.29, 0.717) is 17.9 Å². The molecule has 1 aliphatic carbocycles. The molecule has 0 bridgehead atoms. The zero-order valence-corrected chi connectivity index (χ0v) is 22.3. The number of halogens is 1. The predicted octanol–water partition coefficient (Wildman–Crippen LogP) is 10.7. The molecule has 0 spiro atoms. The van der Waals surface area contributed by atoms with Gasteiger partial charge >= 0.3 is 0 Å². The molecule has 1 aliphatic rings. The predicted molar refractivity (Wildman–Crippen MR) is 148 cm³/mol. The Morgan fingerprint density at radius 3 is 2.06 bits per heavy atom. The van der Waals surface area contributed by atoms with Gasteiger partial charge in [-0.3, -0.25) is 4.79 Å². The number of unbranched alkanes of at least 4 members (excludes halogenated alkanes) is 8. The minimum atomic E-state index is -0.144. The Labute approximate surface area is 213 Å². The molecule has 0 unspecified atom stereocenters. The normalized spacial score (nSPS) is 18.0. The van der Waals surface area contributed by atoms with E-state index in [2.05, 4.69) is 19.9 Å². The van der Waals surface area contributed by atoms with Crippen LogP contribution in [0.25, 0.3) is 11.1 Å². The molecule has 0 aliphatic heterocycles. The van der Waals surface area contributed by atoms with Crippen LogP contribution in [0.3, 0.4) is 0 Å². The largest absolute Gasteiger partial charge is 0.294 e. The van der Waals surface area contributed by atoms with Crippen LogP contribution >= 0.6 is 0 Å². The van der Waals surface area contributed by atoms with Crippen LogP contribution < -0.4 is 0 Å². The average molecular weight is 479 g/mol. The van der Waals surface area contributed by atoms with E-state index in [4.69, 9.17) is 0 Å². The van der Waals surface area contributed by atoms with Crippen molar-refractivity contribution in [3.8, 4) is 11.1 Å². The first-order valence-corrected chi connectivity index (χ1v) is 14.6. The lowest BCUT2D eigenvalue weighted by atomic mass is 9.77. The molecule has 2 aromatic rings. The highest BCUT2D eigenvalue weighted by Crippen LogP contribution is 2.39. The smallest absolute Gasteiger partial charge is 0.162 e. The second-order valence-electron chi connectivity index (χ2n) is 10.8. The molecule has 2 heteroatoms. The highest BCUT2D eigenvalue weighted by molar-refractivity contribution is 5.96. The zero-order chi connectivity index (χ0) is 24.9. The number of carbonyl (C=O) groups excluding carboxylic acids is 1. The van der Waals surface area contributed by atoms with E-state index in [1.807, 2.05) is 30.3 Å². The van der Waals surface area contributed by atoms with Crippen molar-refractivity contribution < 1.29 is 9.18 Å². The molecule has 1 nitrogen and oxygen atoms in total. The van der Waals surface area contributed by atoms with Gasteiger partial charge in [0.15, 0.2) is 5.78 Å². The van der Waals surface area contributed by atoms with Crippen LogP contribution in [-0.2, 0) is 0 Å². The first-order valence-electron chi connectivity index (χ1n) is 14.6. The second kappa shape index (κ2) is 15.2. The first-order chi connectivity index (χ1) is 17.1. The van der Waals surface area contributed by atoms with Gasteiger partial charge in [-0.1, -0.05) is 114 Å². The van der Waals surface area contributed by atoms with Gasteiger partial charge < -0.3 is 0 Å². The molecular formula is C33H47FO. The van der Waals surface area contributed by atoms with Crippen LogP contribution in [-0.4, -0.2) is 5.78 Å². The van der Waals surface area contributed by atoms with Gasteiger partial charge in [0.2, 0.25) is 0 Å². The van der Waals surface area contributed by atoms with Gasteiger partial charge in [0.05, 0.1) is 0 Å². The van der Waals surface area contributed by atoms with Gasteiger partial charge in [-0.05, 0) is 61.1 Å². The van der Waals surface area contributed by atoms with Gasteiger partial charge in [-0.15, -0.1) is 0 Å². The highest BCUT2D eigenvalue weighted by atomic mass is 19.1. The van der Waals surface area contributed by atoms with Crippen molar-refractivity contribution in [2.75, 3.05) is 0 Å². The lowest BCUT2D eigenvalue weighted by Crippen LogP contribution is -2.13. The number of carbonyl (C=O) groups is 1. The van der Waals surface area contributed by atoms with Crippen molar-refractivity contribution in [1.29, 1.82) is 0 Å². The van der Waals surface area contributed by atoms with E-state index in [1.165, 1.54) is 83.5 Å². The van der Waals surface area contributed by atoms with Crippen LogP contribution in [0.1, 0.15) is 138 Å². The highest BCUT2D eigenvalue weighted by Gasteiger charge is 2.23. The molecule has 1 fully saturated rings. The summed E-state index contributed by atoms with van der Waals surface area (Å²) >= 11 is 0. The summed E-state index contributed by atoms with van der Waals surface area (Å²) in [5.41, 5.74) is 3.38. The average Bonchev–Trinajstić information content (AvgIpc) is 2.89. The third-order valence-corrected chi connectivity index (χ3v) is 8.05. The summed E-state index contributed by atoms with van der Waals surface area (Å²) in [5.74, 6) is 1.42. The van der Waals surface area contributed by atoms with Crippen LogP contribution in [0.5, 0.6) is 0 Å². The summed E-state index contributed by atoms with van der Waals surface area (Å²) in [5, 5.41) is 0. The number of ketones is 1. The Hall–Kier alpha value is -1.96. The summed E-state index contributed by atoms with van der Waals surface area (Å²) in [6, 6.07) is 13.4. The van der Waals surface area contributed by atoms with E-state index >= 15 is 4.39 Å². The Kier molecular flexibility index (Phi) is 12.0. The van der Waals surface area contributed by atoms with Gasteiger partial charge in [0, 0.05) is 17.5 Å². The fourth-order valence-corrected chi connectivity index (χ4v) is 5.71. The second-order valence-corrected chi connectivity index (χ2v) is 10.8. The monoisotopic (exact) mass is 478 g/mol. The molecule has 0 aromatic heterocycles. The van der Waals surface area contributed by atoms with Crippen molar-refractivity contribution in [1.82, 2.24) is 0 Å². The standard InChI is InChI=1S/C33H47FO/c1-3-5-7-8-9-10-12-14-33(35)29-21-19-28(20-22-29)31-24-23-30(25-32(31)34)27-17-15-26(16-18-27)13-11-6-4-2/h19-27H,3-18H2,1-2H3/t26-,27-. The van der Waals surface area contributed by atoms with E-state index in [-0.39, 0.29) is 11.6 Å². The zero-order valence-electron chi connectivity index (χ0n) is 22.3. The van der Waals surface area contributed by atoms with E-state index < -0.39 is 0 Å². The lowest BCUT2D eigenvalue weighted by Gasteiger charge is -2.29. The molecule has 0 radical (unpaired) electrons. The molecule has 2 aromatic carbocycles. The fourth-order valence-electron chi connectivity index (χ4n) is 5.71. The molecule has 0 saturated heterocycles. The molecular weight excluding hydrogens is 431 g/mol. The van der Waals surface area contributed by atoms with Crippen molar-refractivity contribution in [2.45, 2.75) is 122 Å². The van der Waals surface area contributed by atoms with Gasteiger partial charge in [0.25, 0.3) is 0 Å². The Morgan fingerprint density at radius 1 is 0.771 bits per heavy atom. The van der Waals surface area contributed by atoms with Crippen molar-refractivity contribution in [3.05, 3.63) is 59.4 Å². The molecule has 3 rings (SSSR count). The van der Waals surface area contributed by atoms with Crippen LogP contribution in [0.2, 0.25) is 0 Å². The fraction of sp³-hybridized carbons (Fsp3) is 0.606. The summed E-state index contributed by atoms with van der Waals surface area (Å²) in [6.07, 6.45) is 19.4. The van der Waals surface area contributed by atoms with Gasteiger partial charge in [-0.2, -0.15) is 0 Å². The number of Topliss-reactive ketones (excluding diaryl/α,β-unsaturated/α-hetero) is 1. The number of hydrogen-bond acceptors (Lipinski definition) is 1. The number of rotatable bonds is 15. The van der Waals surface area contributed by atoms with E-state index in [9.17, 15) is 4.79 Å². The van der Waals surface area contributed by atoms with Crippen LogP contribution in [0.4, 0.5) is 4.39 Å². The summed E-state index contributed by atoms with van der Waals surface area (Å²) in [6.45, 7) is 4.50. The maximum Gasteiger partial charge on any atom is 0.162 e. The minimum absolute atomic E-state index is 0.144. The number of benzene rings is 2. The maximum absolute atomic E-state index is 15.1. The third kappa shape index (κ3) is 8.89. The molecule has 0 N–H and O–H groups in total. The van der Waals surface area contributed by atoms with Crippen LogP contribution in [0.15, 0.2) is 42.5 Å². The summed E-state index contributed by atoms with van der Waals surface area (Å²) in [4.78, 5) is 12.5. The Bertz CT molecular complexity index is 876. The van der Waals surface area contributed by atoms with E-state index in [0.717, 1.165) is 35.4 Å². The molecule has 0 atom stereocenters. The van der Waals surface area contributed by atoms with Crippen molar-refractivity contribution >= 4 is 5.78 Å². The quantitative estimate of drug-likeness (QED) is 0.184. The Balaban J connectivity index is 1.48. The maximum atomic E-state index is 15.1. The minimum Gasteiger partial charge on any atom is -0.294 e. The topological polar surface area (TPSA) is 17.1 Å². The van der Waals surface area contributed by atoms with Crippen LogP contribution in [0, 0.1) is 11.7 Å². The molecule has 1 saturated carbocycles. The summed E-state index contributed by atoms with van der Waals surface area (Å²) < 4.78 is 15.1. The third-order valence-electron chi connectivity index (χ3n) is 8.05. The van der Waals surface area contributed by atoms with Crippen molar-refractivity contribution in [3.63, 3.8) is 0 Å². The Morgan fingerprint density at radius 2 is 1.40 bits per heavy atom. The lowest BCUT2D eigenvalue weighted by molar-refractivity contribution is 0.0979. The summed E-state index contributed by atoms with van der Waals surface area (Å²) in [7, 11) is 0. The molecule has 192 valence electrons. The first kappa shape index (κ1) is 27.6. The van der Waals surface area contributed by atoms with Gasteiger partial charge in [0.1, 0.15) is 5.82 Å². The van der Waals surface area contributed by atoms with E-state index in [1.54, 1.807) is 6.07 Å². The van der Waals surface area contributed by atoms with Crippen molar-refractivity contribution in [2.24, 2.45) is 5.92 Å². The molecule has 35 heavy (non-hydrogen) atoms. The molecule has 0 heterocycles. The van der Waals surface area contributed by atoms with Gasteiger partial charge in [-0.25, -0.2) is 4.39 Å². The molecule has 0 amide bonds. The number of hydrogen-bond donors (Lipinski definition) is 0. The SMILES string of the molecule is CCCCCCCCCC(=O)c1ccc(-c2ccc([C@H]3CC[C@H](CCCCC)CC3)cc2F)cc1.